The molecule has 0 fully saturated rings. The van der Waals surface area contributed by atoms with Crippen LogP contribution in [0, 0.1) is 0 Å². The molecule has 0 amide bonds. The number of esters is 1. The zero-order valence-corrected chi connectivity index (χ0v) is 9.98. The number of carbonyl (C=O) groups excluding carboxylic acids is 1. The molecule has 0 aliphatic rings. The highest BCUT2D eigenvalue weighted by Gasteiger charge is 2.13. The van der Waals surface area contributed by atoms with E-state index in [-0.39, 0.29) is 0 Å². The molecule has 13 heavy (non-hydrogen) atoms. The lowest BCUT2D eigenvalue weighted by Gasteiger charge is -2.05. The van der Waals surface area contributed by atoms with Gasteiger partial charge < -0.3 is 10.5 Å². The van der Waals surface area contributed by atoms with Crippen molar-refractivity contribution >= 4 is 43.5 Å². The van der Waals surface area contributed by atoms with Crippen LogP contribution in [0.1, 0.15) is 10.4 Å². The predicted molar refractivity (Wildman–Crippen MR) is 57.6 cm³/mol. The standard InChI is InChI=1S/C8H7Br2NO2/c1-13-8(12)4-2-3-5(11)7(10)6(4)9/h2-3H,11H2,1H3. The van der Waals surface area contributed by atoms with Gasteiger partial charge in [-0.3, -0.25) is 0 Å². The highest BCUT2D eigenvalue weighted by molar-refractivity contribution is 9.13. The number of hydrogen-bond acceptors (Lipinski definition) is 3. The largest absolute Gasteiger partial charge is 0.465 e. The number of methoxy groups -OCH3 is 1. The minimum Gasteiger partial charge on any atom is -0.465 e. The van der Waals surface area contributed by atoms with Crippen LogP contribution in [0.5, 0.6) is 0 Å². The van der Waals surface area contributed by atoms with Crippen molar-refractivity contribution in [3.05, 3.63) is 26.6 Å². The lowest BCUT2D eigenvalue weighted by molar-refractivity contribution is 0.0599. The maximum atomic E-state index is 11.2. The molecule has 0 unspecified atom stereocenters. The molecule has 0 saturated carbocycles. The summed E-state index contributed by atoms with van der Waals surface area (Å²) in [6.07, 6.45) is 0. The summed E-state index contributed by atoms with van der Waals surface area (Å²) >= 11 is 6.49. The number of rotatable bonds is 1. The summed E-state index contributed by atoms with van der Waals surface area (Å²) in [5.41, 5.74) is 6.62. The van der Waals surface area contributed by atoms with Crippen LogP contribution in [0.25, 0.3) is 0 Å². The van der Waals surface area contributed by atoms with Crippen LogP contribution in [-0.2, 0) is 4.74 Å². The Hall–Kier alpha value is -0.550. The molecule has 1 aromatic carbocycles. The van der Waals surface area contributed by atoms with E-state index in [0.717, 1.165) is 0 Å². The summed E-state index contributed by atoms with van der Waals surface area (Å²) in [4.78, 5) is 11.2. The molecule has 0 radical (unpaired) electrons. The van der Waals surface area contributed by atoms with Crippen LogP contribution >= 0.6 is 31.9 Å². The SMILES string of the molecule is COC(=O)c1ccc(N)c(Br)c1Br. The van der Waals surface area contributed by atoms with Crippen LogP contribution in [0.2, 0.25) is 0 Å². The van der Waals surface area contributed by atoms with E-state index in [9.17, 15) is 4.79 Å². The number of anilines is 1. The van der Waals surface area contributed by atoms with E-state index in [0.29, 0.717) is 20.2 Å². The minimum absolute atomic E-state index is 0.396. The fraction of sp³-hybridized carbons (Fsp3) is 0.125. The third-order valence-electron chi connectivity index (χ3n) is 1.52. The molecule has 0 heterocycles. The summed E-state index contributed by atoms with van der Waals surface area (Å²) in [5, 5.41) is 0. The van der Waals surface area contributed by atoms with Gasteiger partial charge in [0.2, 0.25) is 0 Å². The zero-order chi connectivity index (χ0) is 10.0. The van der Waals surface area contributed by atoms with E-state index in [1.54, 1.807) is 12.1 Å². The van der Waals surface area contributed by atoms with Gasteiger partial charge in [0.05, 0.1) is 17.1 Å². The second kappa shape index (κ2) is 4.11. The molecule has 1 aromatic rings. The molecule has 0 aliphatic heterocycles. The molecule has 0 atom stereocenters. The van der Waals surface area contributed by atoms with Crippen molar-refractivity contribution in [2.24, 2.45) is 0 Å². The van der Waals surface area contributed by atoms with E-state index in [2.05, 4.69) is 36.6 Å². The molecule has 0 aromatic heterocycles. The minimum atomic E-state index is -0.396. The van der Waals surface area contributed by atoms with Crippen molar-refractivity contribution in [2.75, 3.05) is 12.8 Å². The van der Waals surface area contributed by atoms with Crippen LogP contribution in [-0.4, -0.2) is 13.1 Å². The molecule has 0 aliphatic carbocycles. The van der Waals surface area contributed by atoms with Gasteiger partial charge in [-0.2, -0.15) is 0 Å². The quantitative estimate of drug-likeness (QED) is 0.641. The van der Waals surface area contributed by atoms with E-state index >= 15 is 0 Å². The molecule has 3 nitrogen and oxygen atoms in total. The van der Waals surface area contributed by atoms with Gasteiger partial charge >= 0.3 is 5.97 Å². The maximum Gasteiger partial charge on any atom is 0.339 e. The number of nitrogen functional groups attached to an aromatic ring is 1. The first kappa shape index (κ1) is 10.5. The summed E-state index contributed by atoms with van der Waals surface area (Å²) in [6.45, 7) is 0. The van der Waals surface area contributed by atoms with Gasteiger partial charge in [-0.05, 0) is 44.0 Å². The third kappa shape index (κ3) is 2.03. The number of halogens is 2. The smallest absolute Gasteiger partial charge is 0.339 e. The molecular weight excluding hydrogens is 302 g/mol. The fourth-order valence-corrected chi connectivity index (χ4v) is 1.70. The second-order valence-corrected chi connectivity index (χ2v) is 3.91. The molecular formula is C8H7Br2NO2. The number of nitrogens with two attached hydrogens (primary N) is 1. The summed E-state index contributed by atoms with van der Waals surface area (Å²) in [6, 6.07) is 3.25. The molecule has 0 saturated heterocycles. The van der Waals surface area contributed by atoms with E-state index in [1.807, 2.05) is 0 Å². The van der Waals surface area contributed by atoms with Gasteiger partial charge in [-0.1, -0.05) is 0 Å². The van der Waals surface area contributed by atoms with Crippen molar-refractivity contribution in [3.63, 3.8) is 0 Å². The van der Waals surface area contributed by atoms with Gasteiger partial charge in [-0.25, -0.2) is 4.79 Å². The van der Waals surface area contributed by atoms with Crippen molar-refractivity contribution in [3.8, 4) is 0 Å². The van der Waals surface area contributed by atoms with Crippen molar-refractivity contribution < 1.29 is 9.53 Å². The summed E-state index contributed by atoms with van der Waals surface area (Å²) in [5.74, 6) is -0.396. The Morgan fingerprint density at radius 1 is 1.38 bits per heavy atom. The van der Waals surface area contributed by atoms with Gasteiger partial charge in [0, 0.05) is 10.2 Å². The van der Waals surface area contributed by atoms with Gasteiger partial charge in [0.1, 0.15) is 0 Å². The normalized spacial score (nSPS) is 9.77. The molecule has 2 N–H and O–H groups in total. The Bertz CT molecular complexity index is 352. The molecule has 0 bridgehead atoms. The monoisotopic (exact) mass is 307 g/mol. The Labute approximate surface area is 92.5 Å². The fourth-order valence-electron chi connectivity index (χ4n) is 0.832. The van der Waals surface area contributed by atoms with Crippen molar-refractivity contribution in [1.29, 1.82) is 0 Å². The van der Waals surface area contributed by atoms with Crippen molar-refractivity contribution in [1.82, 2.24) is 0 Å². The van der Waals surface area contributed by atoms with Crippen LogP contribution in [0.15, 0.2) is 21.1 Å². The summed E-state index contributed by atoms with van der Waals surface area (Å²) in [7, 11) is 1.33. The Balaban J connectivity index is 3.26. The van der Waals surface area contributed by atoms with Crippen LogP contribution in [0.4, 0.5) is 5.69 Å². The first-order valence-electron chi connectivity index (χ1n) is 3.39. The summed E-state index contributed by atoms with van der Waals surface area (Å²) < 4.78 is 5.85. The highest BCUT2D eigenvalue weighted by Crippen LogP contribution is 2.32. The van der Waals surface area contributed by atoms with E-state index in [4.69, 9.17) is 5.73 Å². The van der Waals surface area contributed by atoms with Crippen LogP contribution in [0.3, 0.4) is 0 Å². The van der Waals surface area contributed by atoms with Crippen LogP contribution < -0.4 is 5.73 Å². The van der Waals surface area contributed by atoms with Gasteiger partial charge in [-0.15, -0.1) is 0 Å². The van der Waals surface area contributed by atoms with E-state index < -0.39 is 5.97 Å². The first-order chi connectivity index (χ1) is 6.07. The number of benzene rings is 1. The molecule has 0 spiro atoms. The van der Waals surface area contributed by atoms with E-state index in [1.165, 1.54) is 7.11 Å². The molecule has 1 rings (SSSR count). The topological polar surface area (TPSA) is 52.3 Å². The average molecular weight is 309 g/mol. The van der Waals surface area contributed by atoms with Crippen molar-refractivity contribution in [2.45, 2.75) is 0 Å². The average Bonchev–Trinajstić information content (AvgIpc) is 2.13. The van der Waals surface area contributed by atoms with Gasteiger partial charge in [0.15, 0.2) is 0 Å². The Morgan fingerprint density at radius 3 is 2.54 bits per heavy atom. The second-order valence-electron chi connectivity index (χ2n) is 2.32. The maximum absolute atomic E-state index is 11.2. The number of ether oxygens (including phenoxy) is 1. The Morgan fingerprint density at radius 2 is 2.00 bits per heavy atom. The van der Waals surface area contributed by atoms with Gasteiger partial charge in [0.25, 0.3) is 0 Å². The zero-order valence-electron chi connectivity index (χ0n) is 6.80. The number of carbonyl (C=O) groups is 1. The lowest BCUT2D eigenvalue weighted by atomic mass is 10.2. The number of hydrogen-bond donors (Lipinski definition) is 1. The molecule has 5 heteroatoms. The first-order valence-corrected chi connectivity index (χ1v) is 4.98. The Kier molecular flexibility index (Phi) is 3.33. The third-order valence-corrected chi connectivity index (χ3v) is 3.73. The highest BCUT2D eigenvalue weighted by atomic mass is 79.9. The molecule has 70 valence electrons. The predicted octanol–water partition coefficient (Wildman–Crippen LogP) is 2.58. The lowest BCUT2D eigenvalue weighted by Crippen LogP contribution is -2.03.